The van der Waals surface area contributed by atoms with E-state index >= 15 is 0 Å². The van der Waals surface area contributed by atoms with Gasteiger partial charge in [-0.3, -0.25) is 0 Å². The molecule has 1 aromatic rings. The van der Waals surface area contributed by atoms with Crippen LogP contribution >= 0.6 is 0 Å². The van der Waals surface area contributed by atoms with E-state index in [-0.39, 0.29) is 24.3 Å². The van der Waals surface area contributed by atoms with Crippen LogP contribution in [-0.4, -0.2) is 23.8 Å². The number of nitrogens with one attached hydrogen (secondary N) is 2. The third-order valence-corrected chi connectivity index (χ3v) is 3.66. The van der Waals surface area contributed by atoms with Crippen LogP contribution in [0.4, 0.5) is 23.7 Å². The van der Waals surface area contributed by atoms with Crippen molar-refractivity contribution in [3.8, 4) is 0 Å². The highest BCUT2D eigenvalue weighted by Gasteiger charge is 2.31. The van der Waals surface area contributed by atoms with Gasteiger partial charge >= 0.3 is 12.2 Å². The van der Waals surface area contributed by atoms with Gasteiger partial charge in [0, 0.05) is 24.3 Å². The first-order valence-corrected chi connectivity index (χ1v) is 6.76. The predicted molar refractivity (Wildman–Crippen MR) is 71.8 cm³/mol. The maximum absolute atomic E-state index is 12.6. The molecular weight excluding hydrogens is 285 g/mol. The number of alkyl halides is 3. The SMILES string of the molecule is O=C(Nc1cccc(C(F)(F)F)c1)NC1CCCC1CO. The molecule has 2 unspecified atom stereocenters. The zero-order chi connectivity index (χ0) is 15.5. The second kappa shape index (κ2) is 6.34. The zero-order valence-electron chi connectivity index (χ0n) is 11.3. The minimum Gasteiger partial charge on any atom is -0.396 e. The third kappa shape index (κ3) is 4.10. The highest BCUT2D eigenvalue weighted by Crippen LogP contribution is 2.30. The molecule has 2 amide bonds. The molecule has 0 aromatic heterocycles. The number of hydrogen-bond donors (Lipinski definition) is 3. The van der Waals surface area contributed by atoms with Crippen molar-refractivity contribution in [1.82, 2.24) is 5.32 Å². The molecule has 1 aromatic carbocycles. The van der Waals surface area contributed by atoms with Crippen LogP contribution in [-0.2, 0) is 6.18 Å². The Kier molecular flexibility index (Phi) is 4.72. The maximum Gasteiger partial charge on any atom is 0.416 e. The molecule has 0 aliphatic heterocycles. The van der Waals surface area contributed by atoms with Crippen LogP contribution in [0.5, 0.6) is 0 Å². The van der Waals surface area contributed by atoms with Crippen molar-refractivity contribution in [2.24, 2.45) is 5.92 Å². The van der Waals surface area contributed by atoms with Crippen LogP contribution < -0.4 is 10.6 Å². The molecule has 1 fully saturated rings. The molecule has 2 atom stereocenters. The summed E-state index contributed by atoms with van der Waals surface area (Å²) in [6.45, 7) is -0.00545. The van der Waals surface area contributed by atoms with Crippen molar-refractivity contribution < 1.29 is 23.1 Å². The van der Waals surface area contributed by atoms with Crippen molar-refractivity contribution in [2.45, 2.75) is 31.5 Å². The van der Waals surface area contributed by atoms with Gasteiger partial charge in [-0.05, 0) is 31.0 Å². The van der Waals surface area contributed by atoms with Crippen LogP contribution in [0.2, 0.25) is 0 Å². The molecule has 3 N–H and O–H groups in total. The van der Waals surface area contributed by atoms with Crippen LogP contribution in [0.1, 0.15) is 24.8 Å². The van der Waals surface area contributed by atoms with E-state index in [9.17, 15) is 18.0 Å². The van der Waals surface area contributed by atoms with Gasteiger partial charge < -0.3 is 15.7 Å². The number of carbonyl (C=O) groups excluding carboxylic acids is 1. The summed E-state index contributed by atoms with van der Waals surface area (Å²) in [5.74, 6) is 0.0114. The van der Waals surface area contributed by atoms with E-state index in [1.54, 1.807) is 0 Å². The van der Waals surface area contributed by atoms with Gasteiger partial charge in [-0.25, -0.2) is 4.79 Å². The van der Waals surface area contributed by atoms with Gasteiger partial charge in [0.15, 0.2) is 0 Å². The van der Waals surface area contributed by atoms with Crippen LogP contribution in [0, 0.1) is 5.92 Å². The number of aliphatic hydroxyl groups is 1. The Balaban J connectivity index is 1.97. The Bertz CT molecular complexity index is 505. The number of benzene rings is 1. The lowest BCUT2D eigenvalue weighted by Crippen LogP contribution is -2.41. The molecule has 7 heteroatoms. The lowest BCUT2D eigenvalue weighted by Gasteiger charge is -2.19. The quantitative estimate of drug-likeness (QED) is 0.804. The number of carbonyl (C=O) groups is 1. The average molecular weight is 302 g/mol. The lowest BCUT2D eigenvalue weighted by molar-refractivity contribution is -0.137. The lowest BCUT2D eigenvalue weighted by atomic mass is 10.1. The zero-order valence-corrected chi connectivity index (χ0v) is 11.3. The monoisotopic (exact) mass is 302 g/mol. The Hall–Kier alpha value is -1.76. The van der Waals surface area contributed by atoms with Crippen LogP contribution in [0.25, 0.3) is 0 Å². The Morgan fingerprint density at radius 2 is 2.10 bits per heavy atom. The van der Waals surface area contributed by atoms with E-state index in [2.05, 4.69) is 10.6 Å². The highest BCUT2D eigenvalue weighted by atomic mass is 19.4. The minimum absolute atomic E-state index is 0.00545. The molecule has 116 valence electrons. The van der Waals surface area contributed by atoms with Gasteiger partial charge in [-0.2, -0.15) is 13.2 Å². The van der Waals surface area contributed by atoms with E-state index in [1.807, 2.05) is 0 Å². The van der Waals surface area contributed by atoms with Gasteiger partial charge in [0.2, 0.25) is 0 Å². The van der Waals surface area contributed by atoms with Gasteiger partial charge in [-0.15, -0.1) is 0 Å². The smallest absolute Gasteiger partial charge is 0.396 e. The maximum atomic E-state index is 12.6. The first-order chi connectivity index (χ1) is 9.90. The molecule has 4 nitrogen and oxygen atoms in total. The summed E-state index contributed by atoms with van der Waals surface area (Å²) in [6.07, 6.45) is -1.92. The number of rotatable bonds is 3. The number of anilines is 1. The molecule has 0 heterocycles. The van der Waals surface area contributed by atoms with Gasteiger partial charge in [-0.1, -0.05) is 12.5 Å². The summed E-state index contributed by atoms with van der Waals surface area (Å²) in [7, 11) is 0. The molecule has 2 rings (SSSR count). The summed E-state index contributed by atoms with van der Waals surface area (Å²) in [4.78, 5) is 11.8. The molecule has 1 aliphatic rings. The van der Waals surface area contributed by atoms with Gasteiger partial charge in [0.05, 0.1) is 5.56 Å². The normalized spacial score (nSPS) is 22.1. The Morgan fingerprint density at radius 1 is 1.33 bits per heavy atom. The molecule has 21 heavy (non-hydrogen) atoms. The second-order valence-corrected chi connectivity index (χ2v) is 5.16. The van der Waals surface area contributed by atoms with Crippen LogP contribution in [0.3, 0.4) is 0 Å². The fourth-order valence-electron chi connectivity index (χ4n) is 2.55. The topological polar surface area (TPSA) is 61.4 Å². The number of hydrogen-bond acceptors (Lipinski definition) is 2. The molecule has 0 bridgehead atoms. The first kappa shape index (κ1) is 15.6. The Labute approximate surface area is 120 Å². The Morgan fingerprint density at radius 3 is 2.76 bits per heavy atom. The minimum atomic E-state index is -4.44. The summed E-state index contributed by atoms with van der Waals surface area (Å²) < 4.78 is 37.7. The molecular formula is C14H17F3N2O2. The van der Waals surface area contributed by atoms with E-state index in [4.69, 9.17) is 5.11 Å². The van der Waals surface area contributed by atoms with E-state index in [0.717, 1.165) is 31.4 Å². The first-order valence-electron chi connectivity index (χ1n) is 6.76. The highest BCUT2D eigenvalue weighted by molar-refractivity contribution is 5.89. The van der Waals surface area contributed by atoms with Gasteiger partial charge in [0.25, 0.3) is 0 Å². The molecule has 1 aliphatic carbocycles. The predicted octanol–water partition coefficient (Wildman–Crippen LogP) is 2.99. The molecule has 0 radical (unpaired) electrons. The van der Waals surface area contributed by atoms with Crippen molar-refractivity contribution in [2.75, 3.05) is 11.9 Å². The number of amides is 2. The van der Waals surface area contributed by atoms with Crippen molar-refractivity contribution >= 4 is 11.7 Å². The standard InChI is InChI=1S/C14H17F3N2O2/c15-14(16,17)10-4-2-5-11(7-10)18-13(21)19-12-6-1-3-9(12)8-20/h2,4-5,7,9,12,20H,1,3,6,8H2,(H2,18,19,21). The fraction of sp³-hybridized carbons (Fsp3) is 0.500. The summed E-state index contributed by atoms with van der Waals surface area (Å²) in [5.41, 5.74) is -0.727. The van der Waals surface area contributed by atoms with Crippen LogP contribution in [0.15, 0.2) is 24.3 Å². The van der Waals surface area contributed by atoms with E-state index in [1.165, 1.54) is 12.1 Å². The number of aliphatic hydroxyl groups excluding tert-OH is 1. The summed E-state index contributed by atoms with van der Waals surface area (Å²) in [5, 5.41) is 14.3. The average Bonchev–Trinajstić information content (AvgIpc) is 2.85. The number of urea groups is 1. The second-order valence-electron chi connectivity index (χ2n) is 5.16. The number of halogens is 3. The summed E-state index contributed by atoms with van der Waals surface area (Å²) >= 11 is 0. The van der Waals surface area contributed by atoms with Crippen molar-refractivity contribution in [3.05, 3.63) is 29.8 Å². The molecule has 0 spiro atoms. The molecule has 0 saturated heterocycles. The van der Waals surface area contributed by atoms with Crippen molar-refractivity contribution in [1.29, 1.82) is 0 Å². The fourth-order valence-corrected chi connectivity index (χ4v) is 2.55. The largest absolute Gasteiger partial charge is 0.416 e. The summed E-state index contributed by atoms with van der Waals surface area (Å²) in [6, 6.07) is 3.78. The van der Waals surface area contributed by atoms with Gasteiger partial charge in [0.1, 0.15) is 0 Å². The van der Waals surface area contributed by atoms with E-state index < -0.39 is 17.8 Å². The molecule has 1 saturated carbocycles. The van der Waals surface area contributed by atoms with E-state index in [0.29, 0.717) is 0 Å². The third-order valence-electron chi connectivity index (χ3n) is 3.66. The van der Waals surface area contributed by atoms with Crippen molar-refractivity contribution in [3.63, 3.8) is 0 Å².